The topological polar surface area (TPSA) is 82.9 Å². The molecule has 8 nitrogen and oxygen atoms in total. The molecule has 2 aliphatic heterocycles. The van der Waals surface area contributed by atoms with Gasteiger partial charge in [-0.15, -0.1) is 0 Å². The molecular formula is C21H29N3O5S. The number of hydrogen-bond acceptors (Lipinski definition) is 6. The van der Waals surface area contributed by atoms with Gasteiger partial charge >= 0.3 is 0 Å². The maximum atomic E-state index is 13.3. The first-order valence-corrected chi connectivity index (χ1v) is 11.8. The van der Waals surface area contributed by atoms with Crippen molar-refractivity contribution < 1.29 is 22.6 Å². The van der Waals surface area contributed by atoms with Crippen LogP contribution in [-0.2, 0) is 27.7 Å². The lowest BCUT2D eigenvalue weighted by Gasteiger charge is -2.32. The van der Waals surface area contributed by atoms with Gasteiger partial charge < -0.3 is 18.8 Å². The Morgan fingerprint density at radius 3 is 2.83 bits per heavy atom. The molecule has 1 atom stereocenters. The molecular weight excluding hydrogens is 406 g/mol. The van der Waals surface area contributed by atoms with Crippen LogP contribution in [0.2, 0.25) is 0 Å². The van der Waals surface area contributed by atoms with Gasteiger partial charge in [-0.2, -0.15) is 4.31 Å². The van der Waals surface area contributed by atoms with Crippen molar-refractivity contribution in [2.75, 3.05) is 40.0 Å². The Kier molecular flexibility index (Phi) is 6.31. The number of piperidine rings is 1. The normalized spacial score (nSPS) is 19.7. The summed E-state index contributed by atoms with van der Waals surface area (Å²) < 4.78 is 46.6. The third kappa shape index (κ3) is 4.33. The zero-order valence-electron chi connectivity index (χ0n) is 17.5. The first-order valence-electron chi connectivity index (χ1n) is 10.4. The standard InChI is InChI=1S/C21H29N3O5S/c1-16-14-22-21(24(16)8-9-27-2)12-17-4-3-7-23(15-17)30(25,26)18-5-6-19-20(13-18)29-11-10-28-19/h5-6,13-14,17H,3-4,7-12,15H2,1-2H3. The maximum Gasteiger partial charge on any atom is 0.243 e. The van der Waals surface area contributed by atoms with Crippen LogP contribution in [0.15, 0.2) is 29.3 Å². The fourth-order valence-corrected chi connectivity index (χ4v) is 5.74. The molecule has 0 spiro atoms. The van der Waals surface area contributed by atoms with Crippen molar-refractivity contribution in [3.63, 3.8) is 0 Å². The van der Waals surface area contributed by atoms with Gasteiger partial charge in [0.05, 0.1) is 11.5 Å². The van der Waals surface area contributed by atoms with E-state index in [-0.39, 0.29) is 10.8 Å². The second kappa shape index (κ2) is 8.95. The summed E-state index contributed by atoms with van der Waals surface area (Å²) in [4.78, 5) is 4.82. The minimum atomic E-state index is -3.59. The molecule has 30 heavy (non-hydrogen) atoms. The number of hydrogen-bond donors (Lipinski definition) is 0. The van der Waals surface area contributed by atoms with Gasteiger partial charge in [-0.1, -0.05) is 0 Å². The van der Waals surface area contributed by atoms with Gasteiger partial charge in [-0.25, -0.2) is 13.4 Å². The third-order valence-corrected chi connectivity index (χ3v) is 7.62. The molecule has 2 aliphatic rings. The summed E-state index contributed by atoms with van der Waals surface area (Å²) in [6, 6.07) is 4.86. The van der Waals surface area contributed by atoms with Crippen molar-refractivity contribution in [3.8, 4) is 11.5 Å². The lowest BCUT2D eigenvalue weighted by atomic mass is 9.96. The van der Waals surface area contributed by atoms with Gasteiger partial charge in [0, 0.05) is 51.1 Å². The van der Waals surface area contributed by atoms with Gasteiger partial charge in [0.2, 0.25) is 10.0 Å². The highest BCUT2D eigenvalue weighted by Crippen LogP contribution is 2.34. The fraction of sp³-hybridized carbons (Fsp3) is 0.571. The van der Waals surface area contributed by atoms with Crippen LogP contribution in [0.5, 0.6) is 11.5 Å². The number of imidazole rings is 1. The first-order chi connectivity index (χ1) is 14.5. The molecule has 3 heterocycles. The molecule has 1 fully saturated rings. The second-order valence-electron chi connectivity index (χ2n) is 7.84. The summed E-state index contributed by atoms with van der Waals surface area (Å²) >= 11 is 0. The number of ether oxygens (including phenoxy) is 3. The van der Waals surface area contributed by atoms with Crippen molar-refractivity contribution in [2.45, 2.75) is 37.6 Å². The van der Waals surface area contributed by atoms with Gasteiger partial charge in [0.15, 0.2) is 11.5 Å². The summed E-state index contributed by atoms with van der Waals surface area (Å²) in [5.74, 6) is 2.31. The smallest absolute Gasteiger partial charge is 0.243 e. The van der Waals surface area contributed by atoms with Crippen LogP contribution in [0.3, 0.4) is 0 Å². The van der Waals surface area contributed by atoms with Crippen LogP contribution in [0, 0.1) is 12.8 Å². The molecule has 0 saturated carbocycles. The number of aryl methyl sites for hydroxylation is 1. The van der Waals surface area contributed by atoms with Crippen molar-refractivity contribution in [1.82, 2.24) is 13.9 Å². The number of rotatable bonds is 7. The third-order valence-electron chi connectivity index (χ3n) is 5.76. The van der Waals surface area contributed by atoms with E-state index < -0.39 is 10.0 Å². The summed E-state index contributed by atoms with van der Waals surface area (Å²) in [6.07, 6.45) is 4.46. The minimum Gasteiger partial charge on any atom is -0.486 e. The van der Waals surface area contributed by atoms with Crippen LogP contribution in [0.4, 0.5) is 0 Å². The minimum absolute atomic E-state index is 0.230. The average molecular weight is 436 g/mol. The Morgan fingerprint density at radius 1 is 1.23 bits per heavy atom. The van der Waals surface area contributed by atoms with Crippen molar-refractivity contribution in [1.29, 1.82) is 0 Å². The number of aromatic nitrogens is 2. The average Bonchev–Trinajstić information content (AvgIpc) is 3.11. The highest BCUT2D eigenvalue weighted by Gasteiger charge is 2.32. The highest BCUT2D eigenvalue weighted by molar-refractivity contribution is 7.89. The molecule has 4 rings (SSSR count). The fourth-order valence-electron chi connectivity index (χ4n) is 4.16. The molecule has 1 aromatic heterocycles. The lowest BCUT2D eigenvalue weighted by molar-refractivity contribution is 0.171. The number of methoxy groups -OCH3 is 1. The second-order valence-corrected chi connectivity index (χ2v) is 9.78. The van der Waals surface area contributed by atoms with Crippen LogP contribution in [0.1, 0.15) is 24.4 Å². The molecule has 1 unspecified atom stereocenters. The molecule has 0 amide bonds. The summed E-state index contributed by atoms with van der Waals surface area (Å²) in [6.45, 7) is 5.34. The summed E-state index contributed by atoms with van der Waals surface area (Å²) in [7, 11) is -1.90. The Labute approximate surface area is 177 Å². The van der Waals surface area contributed by atoms with E-state index in [1.165, 1.54) is 0 Å². The molecule has 1 saturated heterocycles. The van der Waals surface area contributed by atoms with E-state index in [1.807, 2.05) is 13.1 Å². The SMILES string of the molecule is COCCn1c(C)cnc1CC1CCCN(S(=O)(=O)c2ccc3c(c2)OCCO3)C1. The number of sulfonamides is 1. The Bertz CT molecular complexity index is 989. The Morgan fingerprint density at radius 2 is 2.03 bits per heavy atom. The molecule has 0 aliphatic carbocycles. The number of benzene rings is 1. The zero-order valence-corrected chi connectivity index (χ0v) is 18.4. The van der Waals surface area contributed by atoms with E-state index in [0.717, 1.165) is 37.3 Å². The maximum absolute atomic E-state index is 13.3. The van der Waals surface area contributed by atoms with Crippen LogP contribution < -0.4 is 9.47 Å². The van der Waals surface area contributed by atoms with E-state index in [0.29, 0.717) is 44.4 Å². The van der Waals surface area contributed by atoms with Gasteiger partial charge in [0.1, 0.15) is 19.0 Å². The van der Waals surface area contributed by atoms with E-state index in [4.69, 9.17) is 14.2 Å². The Hall–Kier alpha value is -2.10. The van der Waals surface area contributed by atoms with Crippen molar-refractivity contribution in [3.05, 3.63) is 35.9 Å². The molecule has 164 valence electrons. The molecule has 9 heteroatoms. The van der Waals surface area contributed by atoms with Crippen LogP contribution in [0.25, 0.3) is 0 Å². The molecule has 1 aromatic carbocycles. The Balaban J connectivity index is 1.49. The number of fused-ring (bicyclic) bond motifs is 1. The zero-order chi connectivity index (χ0) is 21.1. The summed E-state index contributed by atoms with van der Waals surface area (Å²) in [5, 5.41) is 0. The molecule has 2 aromatic rings. The van der Waals surface area contributed by atoms with E-state index >= 15 is 0 Å². The van der Waals surface area contributed by atoms with Crippen LogP contribution >= 0.6 is 0 Å². The highest BCUT2D eigenvalue weighted by atomic mass is 32.2. The van der Waals surface area contributed by atoms with Gasteiger partial charge in [-0.05, 0) is 37.8 Å². The van der Waals surface area contributed by atoms with Gasteiger partial charge in [-0.3, -0.25) is 0 Å². The predicted molar refractivity (Wildman–Crippen MR) is 111 cm³/mol. The van der Waals surface area contributed by atoms with Crippen LogP contribution in [-0.4, -0.2) is 62.3 Å². The van der Waals surface area contributed by atoms with E-state index in [2.05, 4.69) is 9.55 Å². The monoisotopic (exact) mass is 435 g/mol. The van der Waals surface area contributed by atoms with Gasteiger partial charge in [0.25, 0.3) is 0 Å². The van der Waals surface area contributed by atoms with Crippen molar-refractivity contribution in [2.24, 2.45) is 5.92 Å². The number of nitrogens with zero attached hydrogens (tertiary/aromatic N) is 3. The summed E-state index contributed by atoms with van der Waals surface area (Å²) in [5.41, 5.74) is 1.10. The van der Waals surface area contributed by atoms with Crippen molar-refractivity contribution >= 4 is 10.0 Å². The first kappa shape index (κ1) is 21.1. The molecule has 0 bridgehead atoms. The quantitative estimate of drug-likeness (QED) is 0.663. The predicted octanol–water partition coefficient (Wildman–Crippen LogP) is 2.25. The van der Waals surface area contributed by atoms with E-state index in [9.17, 15) is 8.42 Å². The lowest BCUT2D eigenvalue weighted by Crippen LogP contribution is -2.40. The molecule has 0 radical (unpaired) electrons. The van der Waals surface area contributed by atoms with E-state index in [1.54, 1.807) is 29.6 Å². The largest absolute Gasteiger partial charge is 0.486 e. The molecule has 0 N–H and O–H groups in total.